The van der Waals surface area contributed by atoms with Crippen LogP contribution < -0.4 is 15.4 Å². The highest BCUT2D eigenvalue weighted by molar-refractivity contribution is 7.22. The summed E-state index contributed by atoms with van der Waals surface area (Å²) in [6, 6.07) is 6.40. The molecule has 0 aliphatic heterocycles. The first-order valence-electron chi connectivity index (χ1n) is 10.1. The fraction of sp³-hybridized carbons (Fsp3) is 0.286. The number of imidazole rings is 1. The lowest BCUT2D eigenvalue weighted by atomic mass is 10.1. The lowest BCUT2D eigenvalue weighted by Gasteiger charge is -2.07. The molecule has 2 aromatic heterocycles. The van der Waals surface area contributed by atoms with Gasteiger partial charge in [0, 0.05) is 32.3 Å². The number of nitrogens with zero attached hydrogens (tertiary/aromatic N) is 3. The maximum Gasteiger partial charge on any atom is 0.573 e. The van der Waals surface area contributed by atoms with Gasteiger partial charge in [-0.3, -0.25) is 4.79 Å². The minimum atomic E-state index is -4.79. The van der Waals surface area contributed by atoms with E-state index >= 15 is 0 Å². The summed E-state index contributed by atoms with van der Waals surface area (Å²) in [5.74, 6) is -1.31. The second kappa shape index (κ2) is 9.43. The van der Waals surface area contributed by atoms with Gasteiger partial charge in [-0.1, -0.05) is 11.3 Å². The Morgan fingerprint density at radius 2 is 1.97 bits per heavy atom. The molecule has 0 aliphatic carbocycles. The Morgan fingerprint density at radius 1 is 1.18 bits per heavy atom. The number of carbonyl (C=O) groups is 1. The van der Waals surface area contributed by atoms with E-state index in [0.29, 0.717) is 45.5 Å². The molecule has 13 heteroatoms. The lowest BCUT2D eigenvalue weighted by molar-refractivity contribution is -0.274. The van der Waals surface area contributed by atoms with Gasteiger partial charge in [-0.15, -0.1) is 13.2 Å². The van der Waals surface area contributed by atoms with Gasteiger partial charge < -0.3 is 24.7 Å². The van der Waals surface area contributed by atoms with Crippen molar-refractivity contribution in [2.24, 2.45) is 7.05 Å². The summed E-state index contributed by atoms with van der Waals surface area (Å²) in [6.45, 7) is 2.90. The summed E-state index contributed by atoms with van der Waals surface area (Å²) in [5.41, 5.74) is 1.14. The number of nitrogens with one attached hydrogen (secondary N) is 2. The average molecular weight is 497 g/mol. The highest BCUT2D eigenvalue weighted by Crippen LogP contribution is 2.33. The zero-order valence-electron chi connectivity index (χ0n) is 18.0. The number of aromatic nitrogens is 3. The first-order chi connectivity index (χ1) is 16.1. The Balaban J connectivity index is 1.57. The molecule has 4 rings (SSSR count). The van der Waals surface area contributed by atoms with Gasteiger partial charge in [0.1, 0.15) is 11.6 Å². The summed E-state index contributed by atoms with van der Waals surface area (Å²) in [4.78, 5) is 21.1. The summed E-state index contributed by atoms with van der Waals surface area (Å²) in [7, 11) is 1.65. The number of fused-ring (bicyclic) bond motifs is 2. The van der Waals surface area contributed by atoms with Gasteiger partial charge in [0.2, 0.25) is 5.95 Å². The predicted octanol–water partition coefficient (Wildman–Crippen LogP) is 4.73. The zero-order chi connectivity index (χ0) is 24.5. The minimum Gasteiger partial charge on any atom is -0.406 e. The molecule has 2 heterocycles. The molecule has 0 aliphatic rings. The first kappa shape index (κ1) is 23.7. The third-order valence-electron chi connectivity index (χ3n) is 4.76. The molecule has 8 nitrogen and oxygen atoms in total. The van der Waals surface area contributed by atoms with Crippen LogP contribution in [0, 0.1) is 5.82 Å². The number of benzene rings is 2. The highest BCUT2D eigenvalue weighted by atomic mass is 32.1. The van der Waals surface area contributed by atoms with Crippen LogP contribution in [0.3, 0.4) is 0 Å². The average Bonchev–Trinajstić information content (AvgIpc) is 3.29. The van der Waals surface area contributed by atoms with E-state index in [1.165, 1.54) is 30.3 Å². The number of ether oxygens (including phenoxy) is 2. The first-order valence-corrected chi connectivity index (χ1v) is 10.9. The van der Waals surface area contributed by atoms with E-state index < -0.39 is 18.1 Å². The molecule has 0 radical (unpaired) electrons. The fourth-order valence-electron chi connectivity index (χ4n) is 3.23. The van der Waals surface area contributed by atoms with Crippen molar-refractivity contribution in [2.45, 2.75) is 13.3 Å². The van der Waals surface area contributed by atoms with Crippen LogP contribution in [0.4, 0.5) is 28.6 Å². The van der Waals surface area contributed by atoms with Crippen molar-refractivity contribution in [1.29, 1.82) is 0 Å². The van der Waals surface area contributed by atoms with Crippen molar-refractivity contribution in [3.05, 3.63) is 41.7 Å². The van der Waals surface area contributed by atoms with Crippen LogP contribution in [0.5, 0.6) is 5.75 Å². The third kappa shape index (κ3) is 5.20. The third-order valence-corrected chi connectivity index (χ3v) is 5.70. The second-order valence-electron chi connectivity index (χ2n) is 7.09. The molecule has 1 amide bonds. The van der Waals surface area contributed by atoms with Crippen molar-refractivity contribution in [3.63, 3.8) is 0 Å². The van der Waals surface area contributed by atoms with Crippen LogP contribution in [0.15, 0.2) is 30.3 Å². The van der Waals surface area contributed by atoms with Crippen LogP contribution in [0.2, 0.25) is 0 Å². The van der Waals surface area contributed by atoms with Crippen LogP contribution in [-0.2, 0) is 11.8 Å². The van der Waals surface area contributed by atoms with E-state index in [1.807, 2.05) is 6.92 Å². The lowest BCUT2D eigenvalue weighted by Crippen LogP contribution is -2.28. The van der Waals surface area contributed by atoms with Crippen molar-refractivity contribution >= 4 is 49.6 Å². The molecule has 0 saturated heterocycles. The molecular formula is C21H19F4N5O3S. The maximum atomic E-state index is 14.6. The van der Waals surface area contributed by atoms with E-state index in [0.717, 1.165) is 11.3 Å². The van der Waals surface area contributed by atoms with Crippen molar-refractivity contribution in [3.8, 4) is 5.75 Å². The van der Waals surface area contributed by atoms with E-state index in [9.17, 15) is 22.4 Å². The van der Waals surface area contributed by atoms with E-state index in [4.69, 9.17) is 4.74 Å². The second-order valence-corrected chi connectivity index (χ2v) is 8.12. The number of carbonyl (C=O) groups excluding carboxylic acids is 1. The van der Waals surface area contributed by atoms with Crippen LogP contribution in [0.25, 0.3) is 21.3 Å². The molecule has 0 unspecified atom stereocenters. The van der Waals surface area contributed by atoms with Gasteiger partial charge in [-0.05, 0) is 25.1 Å². The van der Waals surface area contributed by atoms with Crippen molar-refractivity contribution in [2.75, 3.05) is 25.1 Å². The topological polar surface area (TPSA) is 90.3 Å². The number of thiazole rings is 1. The van der Waals surface area contributed by atoms with Gasteiger partial charge >= 0.3 is 6.36 Å². The van der Waals surface area contributed by atoms with E-state index in [-0.39, 0.29) is 17.9 Å². The van der Waals surface area contributed by atoms with Gasteiger partial charge in [-0.2, -0.15) is 0 Å². The molecule has 2 N–H and O–H groups in total. The Morgan fingerprint density at radius 3 is 2.71 bits per heavy atom. The van der Waals surface area contributed by atoms with Crippen molar-refractivity contribution < 1.29 is 31.8 Å². The summed E-state index contributed by atoms with van der Waals surface area (Å²) in [6.07, 6.45) is -4.79. The SMILES string of the molecule is CCOCCNC(=O)c1cc2nc(Nc3nc4ccc(OC(F)(F)F)cc4s3)n(C)c2cc1F. The molecular weight excluding hydrogens is 478 g/mol. The monoisotopic (exact) mass is 497 g/mol. The molecule has 2 aromatic carbocycles. The van der Waals surface area contributed by atoms with Crippen LogP contribution in [-0.4, -0.2) is 46.6 Å². The fourth-order valence-corrected chi connectivity index (χ4v) is 4.11. The Hall–Kier alpha value is -3.45. The number of hydrogen-bond acceptors (Lipinski definition) is 7. The summed E-state index contributed by atoms with van der Waals surface area (Å²) >= 11 is 1.10. The smallest absolute Gasteiger partial charge is 0.406 e. The molecule has 180 valence electrons. The molecule has 0 bridgehead atoms. The van der Waals surface area contributed by atoms with Crippen LogP contribution >= 0.6 is 11.3 Å². The Bertz CT molecular complexity index is 1350. The van der Waals surface area contributed by atoms with Gasteiger partial charge in [0.05, 0.1) is 33.4 Å². The predicted molar refractivity (Wildman–Crippen MR) is 119 cm³/mol. The number of anilines is 2. The molecule has 34 heavy (non-hydrogen) atoms. The number of hydrogen-bond donors (Lipinski definition) is 2. The Kier molecular flexibility index (Phi) is 6.57. The van der Waals surface area contributed by atoms with Crippen LogP contribution in [0.1, 0.15) is 17.3 Å². The molecule has 0 spiro atoms. The zero-order valence-corrected chi connectivity index (χ0v) is 18.8. The Labute approximate surface area is 194 Å². The molecule has 0 atom stereocenters. The number of rotatable bonds is 8. The van der Waals surface area contributed by atoms with Gasteiger partial charge in [0.15, 0.2) is 5.13 Å². The summed E-state index contributed by atoms with van der Waals surface area (Å²) in [5, 5.41) is 5.95. The minimum absolute atomic E-state index is 0.147. The standard InChI is InChI=1S/C21H19F4N5O3S/c1-3-32-7-6-26-18(31)12-9-15-16(10-13(12)22)30(2)19(27-15)29-20-28-14-5-4-11(8-17(14)34-20)33-21(23,24)25/h4-5,8-10H,3,6-7H2,1-2H3,(H,26,31)(H,27,28,29). The highest BCUT2D eigenvalue weighted by Gasteiger charge is 2.31. The summed E-state index contributed by atoms with van der Waals surface area (Å²) < 4.78 is 63.1. The number of aryl methyl sites for hydroxylation is 1. The van der Waals surface area contributed by atoms with E-state index in [2.05, 4.69) is 25.3 Å². The van der Waals surface area contributed by atoms with Gasteiger partial charge in [-0.25, -0.2) is 14.4 Å². The normalized spacial score (nSPS) is 11.8. The maximum absolute atomic E-state index is 14.6. The number of amides is 1. The number of halogens is 4. The molecule has 0 fully saturated rings. The van der Waals surface area contributed by atoms with Crippen molar-refractivity contribution in [1.82, 2.24) is 19.9 Å². The van der Waals surface area contributed by atoms with E-state index in [1.54, 1.807) is 11.6 Å². The largest absolute Gasteiger partial charge is 0.573 e. The quantitative estimate of drug-likeness (QED) is 0.270. The number of alkyl halides is 3. The molecule has 4 aromatic rings. The molecule has 0 saturated carbocycles. The van der Waals surface area contributed by atoms with Gasteiger partial charge in [0.25, 0.3) is 5.91 Å².